The Bertz CT molecular complexity index is 658. The fourth-order valence-electron chi connectivity index (χ4n) is 4.29. The number of nitriles is 1. The molecular weight excluding hydrogens is 336 g/mol. The number of carbonyl (C=O) groups is 1. The van der Waals surface area contributed by atoms with Crippen molar-refractivity contribution < 1.29 is 4.79 Å². The molecule has 1 aliphatic heterocycles. The van der Waals surface area contributed by atoms with Crippen molar-refractivity contribution in [3.05, 3.63) is 35.4 Å². The van der Waals surface area contributed by atoms with Crippen molar-refractivity contribution in [1.29, 1.82) is 5.26 Å². The highest BCUT2D eigenvalue weighted by atomic mass is 16.2. The third-order valence-corrected chi connectivity index (χ3v) is 6.37. The molecule has 0 radical (unpaired) electrons. The second kappa shape index (κ2) is 9.34. The van der Waals surface area contributed by atoms with Crippen LogP contribution >= 0.6 is 0 Å². The fourth-order valence-corrected chi connectivity index (χ4v) is 4.29. The molecule has 0 bridgehead atoms. The standard InChI is InChI=1S/C22H32N4O/c1-17-4-3-5-21(18(17)2)24-22(27)16-26-12-10-25(11-13-26)15-20-8-6-19(14-23)7-9-20/h6-9,17-18,21H,3-5,10-13,15-16H2,1-2H3,(H,24,27). The number of hydrogen-bond acceptors (Lipinski definition) is 4. The number of piperazine rings is 1. The van der Waals surface area contributed by atoms with Crippen molar-refractivity contribution >= 4 is 5.91 Å². The van der Waals surface area contributed by atoms with Gasteiger partial charge in [-0.15, -0.1) is 0 Å². The molecule has 1 aromatic rings. The summed E-state index contributed by atoms with van der Waals surface area (Å²) in [7, 11) is 0. The molecular formula is C22H32N4O. The van der Waals surface area contributed by atoms with Gasteiger partial charge in [0.25, 0.3) is 0 Å². The first kappa shape index (κ1) is 19.9. The summed E-state index contributed by atoms with van der Waals surface area (Å²) in [6.07, 6.45) is 3.63. The van der Waals surface area contributed by atoms with E-state index in [2.05, 4.69) is 35.0 Å². The first-order chi connectivity index (χ1) is 13.0. The molecule has 146 valence electrons. The van der Waals surface area contributed by atoms with E-state index in [1.165, 1.54) is 18.4 Å². The Hall–Kier alpha value is -1.90. The number of nitrogens with one attached hydrogen (secondary N) is 1. The largest absolute Gasteiger partial charge is 0.352 e. The summed E-state index contributed by atoms with van der Waals surface area (Å²) in [4.78, 5) is 17.2. The molecule has 1 saturated heterocycles. The van der Waals surface area contributed by atoms with Crippen LogP contribution in [0.15, 0.2) is 24.3 Å². The fraction of sp³-hybridized carbons (Fsp3) is 0.636. The third-order valence-electron chi connectivity index (χ3n) is 6.37. The van der Waals surface area contributed by atoms with Gasteiger partial charge in [-0.1, -0.05) is 38.8 Å². The smallest absolute Gasteiger partial charge is 0.234 e. The van der Waals surface area contributed by atoms with Gasteiger partial charge in [-0.2, -0.15) is 5.26 Å². The number of rotatable bonds is 5. The Morgan fingerprint density at radius 2 is 1.78 bits per heavy atom. The first-order valence-corrected chi connectivity index (χ1v) is 10.3. The van der Waals surface area contributed by atoms with Gasteiger partial charge in [0.2, 0.25) is 5.91 Å². The Labute approximate surface area is 163 Å². The summed E-state index contributed by atoms with van der Waals surface area (Å²) >= 11 is 0. The van der Waals surface area contributed by atoms with Crippen LogP contribution in [0.2, 0.25) is 0 Å². The molecule has 2 fully saturated rings. The Kier molecular flexibility index (Phi) is 6.87. The Morgan fingerprint density at radius 3 is 2.44 bits per heavy atom. The molecule has 3 rings (SSSR count). The summed E-state index contributed by atoms with van der Waals surface area (Å²) in [5, 5.41) is 12.2. The predicted octanol–water partition coefficient (Wildman–Crippen LogP) is 2.62. The van der Waals surface area contributed by atoms with E-state index in [-0.39, 0.29) is 5.91 Å². The summed E-state index contributed by atoms with van der Waals surface area (Å²) in [5.41, 5.74) is 1.94. The predicted molar refractivity (Wildman–Crippen MR) is 107 cm³/mol. The van der Waals surface area contributed by atoms with Crippen LogP contribution in [0.25, 0.3) is 0 Å². The average Bonchev–Trinajstić information content (AvgIpc) is 2.67. The van der Waals surface area contributed by atoms with Crippen LogP contribution in [0.1, 0.15) is 44.2 Å². The molecule has 0 spiro atoms. The molecule has 1 aliphatic carbocycles. The molecule has 1 N–H and O–H groups in total. The minimum absolute atomic E-state index is 0.182. The highest BCUT2D eigenvalue weighted by Gasteiger charge is 2.28. The zero-order valence-corrected chi connectivity index (χ0v) is 16.7. The summed E-state index contributed by atoms with van der Waals surface area (Å²) in [6.45, 7) is 9.81. The van der Waals surface area contributed by atoms with Gasteiger partial charge < -0.3 is 5.32 Å². The molecule has 3 unspecified atom stereocenters. The number of amides is 1. The lowest BCUT2D eigenvalue weighted by Gasteiger charge is -2.36. The maximum absolute atomic E-state index is 12.5. The minimum atomic E-state index is 0.182. The molecule has 1 heterocycles. The molecule has 1 amide bonds. The Balaban J connectivity index is 1.39. The zero-order chi connectivity index (χ0) is 19.2. The number of hydrogen-bond donors (Lipinski definition) is 1. The maximum Gasteiger partial charge on any atom is 0.234 e. The van der Waals surface area contributed by atoms with Crippen LogP contribution in [-0.4, -0.2) is 54.5 Å². The third kappa shape index (κ3) is 5.54. The lowest BCUT2D eigenvalue weighted by Crippen LogP contribution is -2.51. The normalized spacial score (nSPS) is 27.1. The lowest BCUT2D eigenvalue weighted by molar-refractivity contribution is -0.124. The van der Waals surface area contributed by atoms with Gasteiger partial charge in [0, 0.05) is 38.8 Å². The van der Waals surface area contributed by atoms with Gasteiger partial charge in [0.15, 0.2) is 0 Å². The van der Waals surface area contributed by atoms with Gasteiger partial charge in [-0.05, 0) is 36.0 Å². The summed E-state index contributed by atoms with van der Waals surface area (Å²) < 4.78 is 0. The molecule has 5 heteroatoms. The van der Waals surface area contributed by atoms with E-state index in [4.69, 9.17) is 5.26 Å². The minimum Gasteiger partial charge on any atom is -0.352 e. The monoisotopic (exact) mass is 368 g/mol. The molecule has 0 aromatic heterocycles. The SMILES string of the molecule is CC1CCCC(NC(=O)CN2CCN(Cc3ccc(C#N)cc3)CC2)C1C. The molecule has 27 heavy (non-hydrogen) atoms. The van der Waals surface area contributed by atoms with Gasteiger partial charge in [0.05, 0.1) is 18.2 Å². The van der Waals surface area contributed by atoms with Gasteiger partial charge in [-0.25, -0.2) is 0 Å². The molecule has 1 aromatic carbocycles. The van der Waals surface area contributed by atoms with Crippen molar-refractivity contribution in [2.45, 2.75) is 45.7 Å². The van der Waals surface area contributed by atoms with Gasteiger partial charge in [-0.3, -0.25) is 14.6 Å². The van der Waals surface area contributed by atoms with Crippen molar-refractivity contribution in [2.75, 3.05) is 32.7 Å². The number of benzene rings is 1. The van der Waals surface area contributed by atoms with E-state index in [0.29, 0.717) is 30.0 Å². The zero-order valence-electron chi connectivity index (χ0n) is 16.7. The highest BCUT2D eigenvalue weighted by Crippen LogP contribution is 2.29. The Morgan fingerprint density at radius 1 is 1.11 bits per heavy atom. The first-order valence-electron chi connectivity index (χ1n) is 10.3. The van der Waals surface area contributed by atoms with E-state index in [1.54, 1.807) is 0 Å². The van der Waals surface area contributed by atoms with Crippen LogP contribution < -0.4 is 5.32 Å². The van der Waals surface area contributed by atoms with Crippen molar-refractivity contribution in [3.8, 4) is 6.07 Å². The van der Waals surface area contributed by atoms with Crippen LogP contribution in [0.5, 0.6) is 0 Å². The van der Waals surface area contributed by atoms with E-state index in [9.17, 15) is 4.79 Å². The topological polar surface area (TPSA) is 59.4 Å². The highest BCUT2D eigenvalue weighted by molar-refractivity contribution is 5.78. The van der Waals surface area contributed by atoms with Crippen LogP contribution in [0, 0.1) is 23.2 Å². The van der Waals surface area contributed by atoms with E-state index >= 15 is 0 Å². The second-order valence-corrected chi connectivity index (χ2v) is 8.30. The molecule has 1 saturated carbocycles. The lowest BCUT2D eigenvalue weighted by atomic mass is 9.78. The molecule has 3 atom stereocenters. The van der Waals surface area contributed by atoms with Crippen LogP contribution in [-0.2, 0) is 11.3 Å². The molecule has 5 nitrogen and oxygen atoms in total. The number of nitrogens with zero attached hydrogens (tertiary/aromatic N) is 3. The van der Waals surface area contributed by atoms with Gasteiger partial charge >= 0.3 is 0 Å². The van der Waals surface area contributed by atoms with Gasteiger partial charge in [0.1, 0.15) is 0 Å². The quantitative estimate of drug-likeness (QED) is 0.868. The van der Waals surface area contributed by atoms with Crippen molar-refractivity contribution in [2.24, 2.45) is 11.8 Å². The summed E-state index contributed by atoms with van der Waals surface area (Å²) in [5.74, 6) is 1.46. The molecule has 2 aliphatic rings. The average molecular weight is 369 g/mol. The number of carbonyl (C=O) groups excluding carboxylic acids is 1. The van der Waals surface area contributed by atoms with E-state index in [1.807, 2.05) is 24.3 Å². The van der Waals surface area contributed by atoms with E-state index < -0.39 is 0 Å². The van der Waals surface area contributed by atoms with E-state index in [0.717, 1.165) is 39.1 Å². The van der Waals surface area contributed by atoms with Crippen molar-refractivity contribution in [3.63, 3.8) is 0 Å². The summed E-state index contributed by atoms with van der Waals surface area (Å²) in [6, 6.07) is 10.3. The maximum atomic E-state index is 12.5. The van der Waals surface area contributed by atoms with Crippen LogP contribution in [0.4, 0.5) is 0 Å². The van der Waals surface area contributed by atoms with Crippen molar-refractivity contribution in [1.82, 2.24) is 15.1 Å². The van der Waals surface area contributed by atoms with Crippen LogP contribution in [0.3, 0.4) is 0 Å². The second-order valence-electron chi connectivity index (χ2n) is 8.30.